The van der Waals surface area contributed by atoms with Crippen LogP contribution in [0.25, 0.3) is 0 Å². The molecule has 1 N–H and O–H groups in total. The van der Waals surface area contributed by atoms with Crippen LogP contribution in [0.2, 0.25) is 0 Å². The van der Waals surface area contributed by atoms with E-state index in [2.05, 4.69) is 5.32 Å². The van der Waals surface area contributed by atoms with E-state index in [9.17, 15) is 24.3 Å². The molecule has 27 heavy (non-hydrogen) atoms. The molecule has 0 bridgehead atoms. The van der Waals surface area contributed by atoms with Gasteiger partial charge in [0.1, 0.15) is 17.0 Å². The SMILES string of the molecule is COC(=O)C(C(=O)NC1C(=O)N2C1SC(C)(C)C2C(=O)[O-])=C1SCCS1.[Na+]. The summed E-state index contributed by atoms with van der Waals surface area (Å²) in [5.41, 5.74) is -0.107. The topological polar surface area (TPSA) is 116 Å². The van der Waals surface area contributed by atoms with E-state index in [0.29, 0.717) is 4.24 Å². The molecule has 0 aliphatic carbocycles. The predicted octanol–water partition coefficient (Wildman–Crippen LogP) is -3.85. The molecule has 0 aromatic carbocycles. The number of carbonyl (C=O) groups is 4. The average molecular weight is 441 g/mol. The first-order valence-electron chi connectivity index (χ1n) is 7.79. The third kappa shape index (κ3) is 4.04. The van der Waals surface area contributed by atoms with Crippen LogP contribution in [0.3, 0.4) is 0 Å². The second-order valence-electron chi connectivity index (χ2n) is 6.38. The number of carboxylic acids is 1. The Morgan fingerprint density at radius 1 is 1.26 bits per heavy atom. The largest absolute Gasteiger partial charge is 1.00 e. The summed E-state index contributed by atoms with van der Waals surface area (Å²) in [6, 6.07) is -1.94. The maximum Gasteiger partial charge on any atom is 1.00 e. The first kappa shape index (κ1) is 23.0. The minimum atomic E-state index is -1.32. The average Bonchev–Trinajstić information content (AvgIpc) is 3.17. The summed E-state index contributed by atoms with van der Waals surface area (Å²) < 4.78 is 4.54. The maximum atomic E-state index is 12.6. The number of carboxylic acid groups (broad SMARTS) is 1. The minimum Gasteiger partial charge on any atom is -0.548 e. The van der Waals surface area contributed by atoms with Crippen LogP contribution in [0.15, 0.2) is 9.81 Å². The zero-order valence-corrected chi connectivity index (χ0v) is 19.7. The summed E-state index contributed by atoms with van der Waals surface area (Å²) in [5, 5.41) is 13.5. The molecule has 3 rings (SSSR count). The monoisotopic (exact) mass is 440 g/mol. The van der Waals surface area contributed by atoms with Gasteiger partial charge >= 0.3 is 35.5 Å². The fraction of sp³-hybridized carbons (Fsp3) is 0.600. The number of nitrogens with zero attached hydrogens (tertiary/aromatic N) is 1. The van der Waals surface area contributed by atoms with E-state index in [1.165, 1.54) is 47.3 Å². The van der Waals surface area contributed by atoms with Crippen LogP contribution in [0, 0.1) is 0 Å². The second-order valence-corrected chi connectivity index (χ2v) is 10.6. The third-order valence-corrected chi connectivity index (χ3v) is 8.61. The van der Waals surface area contributed by atoms with Gasteiger partial charge in [-0.15, -0.1) is 35.3 Å². The van der Waals surface area contributed by atoms with Gasteiger partial charge in [-0.25, -0.2) is 4.79 Å². The van der Waals surface area contributed by atoms with E-state index in [1.54, 1.807) is 13.8 Å². The number of rotatable bonds is 4. The summed E-state index contributed by atoms with van der Waals surface area (Å²) in [7, 11) is 1.19. The normalized spacial score (nSPS) is 28.0. The number of carbonyl (C=O) groups excluding carboxylic acids is 4. The number of aliphatic carboxylic acids is 1. The van der Waals surface area contributed by atoms with Gasteiger partial charge in [-0.05, 0) is 13.8 Å². The van der Waals surface area contributed by atoms with Gasteiger partial charge < -0.3 is 24.9 Å². The molecular formula is C15H17N2NaO6S3. The number of hydrogen-bond donors (Lipinski definition) is 1. The molecule has 142 valence electrons. The standard InChI is InChI=1S/C15H18N2O6S3.Na/c1-15(2)8(12(20)21)17-10(19)7(11(17)26-15)16-9(18)6(13(22)23-3)14-24-4-5-25-14;/h7-8,11H,4-5H2,1-3H3,(H,16,18)(H,20,21);/q;+1/p-1. The van der Waals surface area contributed by atoms with E-state index >= 15 is 0 Å². The van der Waals surface area contributed by atoms with Crippen molar-refractivity contribution in [1.82, 2.24) is 10.2 Å². The van der Waals surface area contributed by atoms with Crippen LogP contribution < -0.4 is 40.0 Å². The van der Waals surface area contributed by atoms with Crippen molar-refractivity contribution in [3.8, 4) is 0 Å². The van der Waals surface area contributed by atoms with Crippen molar-refractivity contribution in [1.29, 1.82) is 0 Å². The van der Waals surface area contributed by atoms with Crippen molar-refractivity contribution in [2.24, 2.45) is 0 Å². The second kappa shape index (κ2) is 8.58. The number of methoxy groups -OCH3 is 1. The number of β-lactam (4-membered cyclic amide) rings is 1. The molecule has 3 aliphatic rings. The molecule has 3 saturated heterocycles. The maximum absolute atomic E-state index is 12.6. The summed E-state index contributed by atoms with van der Waals surface area (Å²) in [6.07, 6.45) is 0. The van der Waals surface area contributed by atoms with Crippen LogP contribution in [-0.4, -0.2) is 69.5 Å². The molecule has 12 heteroatoms. The van der Waals surface area contributed by atoms with E-state index < -0.39 is 46.0 Å². The van der Waals surface area contributed by atoms with Crippen molar-refractivity contribution >= 4 is 59.0 Å². The fourth-order valence-electron chi connectivity index (χ4n) is 3.17. The summed E-state index contributed by atoms with van der Waals surface area (Å²) in [6.45, 7) is 3.44. The predicted molar refractivity (Wildman–Crippen MR) is 97.0 cm³/mol. The molecule has 3 unspecified atom stereocenters. The van der Waals surface area contributed by atoms with Gasteiger partial charge in [0.25, 0.3) is 5.91 Å². The zero-order chi connectivity index (χ0) is 19.2. The minimum absolute atomic E-state index is 0. The smallest absolute Gasteiger partial charge is 0.548 e. The number of amides is 2. The van der Waals surface area contributed by atoms with Gasteiger partial charge in [-0.1, -0.05) is 0 Å². The Morgan fingerprint density at radius 2 is 1.85 bits per heavy atom. The van der Waals surface area contributed by atoms with Crippen LogP contribution in [-0.2, 0) is 23.9 Å². The molecule has 0 radical (unpaired) electrons. The summed E-state index contributed by atoms with van der Waals surface area (Å²) >= 11 is 4.08. The Labute approximate surface area is 191 Å². The number of hydrogen-bond acceptors (Lipinski definition) is 9. The van der Waals surface area contributed by atoms with Crippen LogP contribution in [0.4, 0.5) is 0 Å². The molecule has 2 amide bonds. The first-order valence-corrected chi connectivity index (χ1v) is 10.6. The van der Waals surface area contributed by atoms with Crippen molar-refractivity contribution < 1.29 is 58.6 Å². The Kier molecular flexibility index (Phi) is 7.29. The molecule has 3 heterocycles. The van der Waals surface area contributed by atoms with Crippen LogP contribution >= 0.6 is 35.3 Å². The number of nitrogens with one attached hydrogen (secondary N) is 1. The summed E-state index contributed by atoms with van der Waals surface area (Å²) in [5.74, 6) is -1.68. The van der Waals surface area contributed by atoms with Gasteiger partial charge in [-0.2, -0.15) is 0 Å². The van der Waals surface area contributed by atoms with Crippen molar-refractivity contribution in [2.45, 2.75) is 36.1 Å². The van der Waals surface area contributed by atoms with Crippen LogP contribution in [0.1, 0.15) is 13.8 Å². The number of ether oxygens (including phenoxy) is 1. The Hall–Kier alpha value is -0.330. The quantitative estimate of drug-likeness (QED) is 0.117. The van der Waals surface area contributed by atoms with Crippen molar-refractivity contribution in [3.05, 3.63) is 9.81 Å². The molecule has 8 nitrogen and oxygen atoms in total. The molecule has 0 aromatic heterocycles. The van der Waals surface area contributed by atoms with Gasteiger partial charge in [-0.3, -0.25) is 9.59 Å². The van der Waals surface area contributed by atoms with Crippen molar-refractivity contribution in [2.75, 3.05) is 18.6 Å². The first-order chi connectivity index (χ1) is 12.2. The molecule has 0 aromatic rings. The Balaban J connectivity index is 0.00000261. The van der Waals surface area contributed by atoms with E-state index in [0.717, 1.165) is 11.5 Å². The van der Waals surface area contributed by atoms with Crippen molar-refractivity contribution in [3.63, 3.8) is 0 Å². The van der Waals surface area contributed by atoms with E-state index in [4.69, 9.17) is 4.74 Å². The Morgan fingerprint density at radius 3 is 2.37 bits per heavy atom. The molecule has 3 aliphatic heterocycles. The van der Waals surface area contributed by atoms with Gasteiger partial charge in [0.05, 0.1) is 23.4 Å². The number of fused-ring (bicyclic) bond motifs is 1. The van der Waals surface area contributed by atoms with Gasteiger partial charge in [0, 0.05) is 16.3 Å². The summed E-state index contributed by atoms with van der Waals surface area (Å²) in [4.78, 5) is 49.7. The molecule has 3 fully saturated rings. The zero-order valence-electron chi connectivity index (χ0n) is 15.3. The molecule has 0 spiro atoms. The number of thioether (sulfide) groups is 3. The third-order valence-electron chi connectivity index (χ3n) is 4.32. The Bertz CT molecular complexity index is 720. The van der Waals surface area contributed by atoms with Gasteiger partial charge in [0.15, 0.2) is 0 Å². The molecule has 0 saturated carbocycles. The molecular weight excluding hydrogens is 423 g/mol. The van der Waals surface area contributed by atoms with Crippen LogP contribution in [0.5, 0.6) is 0 Å². The van der Waals surface area contributed by atoms with Gasteiger partial charge in [0.2, 0.25) is 5.91 Å². The van der Waals surface area contributed by atoms with E-state index in [-0.39, 0.29) is 35.1 Å². The number of esters is 1. The fourth-order valence-corrected chi connectivity index (χ4v) is 7.30. The molecule has 3 atom stereocenters. The van der Waals surface area contributed by atoms with E-state index in [1.807, 2.05) is 0 Å².